The minimum Gasteiger partial charge on any atom is -0.469 e. The molecule has 0 amide bonds. The first-order valence-corrected chi connectivity index (χ1v) is 34.7. The van der Waals surface area contributed by atoms with Gasteiger partial charge in [-0.05, 0) is 170 Å². The molecule has 0 bridgehead atoms. The first-order chi connectivity index (χ1) is 40.8. The molecule has 0 aromatic carbocycles. The molecule has 3 N–H and O–H groups in total. The number of ether oxygens (including phenoxy) is 3. The lowest BCUT2D eigenvalue weighted by atomic mass is 9.81. The molecular weight excluding hydrogens is 1060 g/mol. The third kappa shape index (κ3) is 92.1. The molecule has 0 fully saturated rings. The second-order valence-electron chi connectivity index (χ2n) is 25.5. The zero-order valence-electron chi connectivity index (χ0n) is 58.5. The zero-order chi connectivity index (χ0) is 64.7. The van der Waals surface area contributed by atoms with Crippen molar-refractivity contribution in [3.63, 3.8) is 0 Å². The average molecular weight is 1200 g/mol. The maximum Gasteiger partial charge on any atom is 0.302 e. The maximum atomic E-state index is 10.7. The summed E-state index contributed by atoms with van der Waals surface area (Å²) in [5.74, 6) is -0.686. The van der Waals surface area contributed by atoms with Crippen LogP contribution < -0.4 is 0 Å². The Morgan fingerprint density at radius 2 is 0.741 bits per heavy atom. The van der Waals surface area contributed by atoms with Crippen LogP contribution in [0.1, 0.15) is 339 Å². The van der Waals surface area contributed by atoms with E-state index in [9.17, 15) is 14.4 Å². The summed E-state index contributed by atoms with van der Waals surface area (Å²) in [5.41, 5.74) is 1.51. The Labute approximate surface area is 528 Å². The molecule has 502 valence electrons. The van der Waals surface area contributed by atoms with E-state index in [1.165, 1.54) is 259 Å². The van der Waals surface area contributed by atoms with Gasteiger partial charge in [0.25, 0.3) is 0 Å². The van der Waals surface area contributed by atoms with Crippen molar-refractivity contribution in [1.29, 1.82) is 0 Å². The number of unbranched alkanes of at least 4 members (excludes halogenated alkanes) is 19. The van der Waals surface area contributed by atoms with Gasteiger partial charge in [-0.1, -0.05) is 237 Å². The third-order valence-electron chi connectivity index (χ3n) is 15.2. The van der Waals surface area contributed by atoms with Gasteiger partial charge in [-0.2, -0.15) is 0 Å². The highest BCUT2D eigenvalue weighted by Crippen LogP contribution is 2.32. The average Bonchev–Trinajstić information content (AvgIpc) is 3.50. The number of rotatable bonds is 39. The molecule has 0 atom stereocenters. The number of esters is 3. The fraction of sp³-hybridized carbons (Fsp3) is 0.803. The van der Waals surface area contributed by atoms with Crippen LogP contribution in [0, 0.1) is 16.2 Å². The van der Waals surface area contributed by atoms with E-state index in [0.717, 1.165) is 39.2 Å². The molecule has 0 spiro atoms. The van der Waals surface area contributed by atoms with Gasteiger partial charge in [0.05, 0.1) is 7.11 Å². The van der Waals surface area contributed by atoms with Crippen molar-refractivity contribution >= 4 is 17.9 Å². The topological polar surface area (TPSA) is 140 Å². The van der Waals surface area contributed by atoms with Crippen LogP contribution in [-0.2, 0) is 28.6 Å². The van der Waals surface area contributed by atoms with Gasteiger partial charge in [0.15, 0.2) is 0 Å². The Hall–Kier alpha value is -3.27. The van der Waals surface area contributed by atoms with Crippen molar-refractivity contribution < 1.29 is 43.9 Å². The molecule has 0 heterocycles. The van der Waals surface area contributed by atoms with Gasteiger partial charge < -0.3 is 29.5 Å². The summed E-state index contributed by atoms with van der Waals surface area (Å²) in [6.45, 7) is 24.3. The van der Waals surface area contributed by atoms with E-state index in [0.29, 0.717) is 42.7 Å². The van der Waals surface area contributed by atoms with Gasteiger partial charge in [0, 0.05) is 41.1 Å². The van der Waals surface area contributed by atoms with Crippen molar-refractivity contribution in [3.05, 3.63) is 72.9 Å². The Morgan fingerprint density at radius 1 is 0.412 bits per heavy atom. The smallest absolute Gasteiger partial charge is 0.302 e. The van der Waals surface area contributed by atoms with Crippen LogP contribution in [0.25, 0.3) is 0 Å². The number of aliphatic hydroxyl groups excluding tert-OH is 3. The standard InChI is InChI=1S/C25H44O2.C22H46O2.C10H18.C8H14.C7H12O2.C3H6O2.CH4O/c1-5-6-7-8-9-10-11-12-13-14-15-18-21-25(3,4)22-19-16-17-20-23-27-24(2)26;1-22(2,19-15-11-13-17-21-24)18-14-10-8-6-4-3-5-7-9-12-16-20-23;1-10(2)8-6-4-3-5-7-9-10;1-2-4-6-8-7-5-3-1;1-3-4-5-6-9-7(2)8;1-3(4)5-2;1-2/h6-7,14-15,17,20H,5,8-13,16,18-19,21-23H2,1-4H3;23-24H,3-21H2,1-2H3;3-4H,5-9H2,1-2H3;1-2H,3-8H2;4-5H,3,6H2,1-2H3;1-2H3;2H,1H3/b;;4-3-;;5-4-;;. The van der Waals surface area contributed by atoms with Crippen LogP contribution in [0.3, 0.4) is 0 Å². The molecule has 0 aliphatic heterocycles. The van der Waals surface area contributed by atoms with Crippen molar-refractivity contribution in [1.82, 2.24) is 0 Å². The second kappa shape index (κ2) is 73.2. The number of aliphatic hydroxyl groups is 3. The molecule has 0 saturated heterocycles. The molecule has 9 heteroatoms. The van der Waals surface area contributed by atoms with E-state index in [1.807, 2.05) is 25.2 Å². The van der Waals surface area contributed by atoms with Gasteiger partial charge >= 0.3 is 17.9 Å². The first kappa shape index (κ1) is 90.5. The van der Waals surface area contributed by atoms with Gasteiger partial charge in [-0.3, -0.25) is 14.4 Å². The lowest BCUT2D eigenvalue weighted by Crippen LogP contribution is -2.11. The molecule has 0 saturated carbocycles. The van der Waals surface area contributed by atoms with Crippen LogP contribution in [0.5, 0.6) is 0 Å². The summed E-state index contributed by atoms with van der Waals surface area (Å²) in [6, 6.07) is 0. The molecule has 2 aliphatic rings. The molecule has 0 unspecified atom stereocenters. The fourth-order valence-corrected chi connectivity index (χ4v) is 9.59. The van der Waals surface area contributed by atoms with Crippen molar-refractivity contribution in [2.75, 3.05) is 40.6 Å². The van der Waals surface area contributed by atoms with Crippen molar-refractivity contribution in [2.45, 2.75) is 339 Å². The summed E-state index contributed by atoms with van der Waals surface area (Å²) >= 11 is 0. The summed E-state index contributed by atoms with van der Waals surface area (Å²) in [7, 11) is 2.35. The number of hydrogen-bond acceptors (Lipinski definition) is 9. The number of carbonyl (C=O) groups is 3. The lowest BCUT2D eigenvalue weighted by molar-refractivity contribution is -0.140. The quantitative estimate of drug-likeness (QED) is 0.0238. The first-order valence-electron chi connectivity index (χ1n) is 34.7. The molecule has 2 aliphatic carbocycles. The van der Waals surface area contributed by atoms with E-state index in [2.05, 4.69) is 113 Å². The van der Waals surface area contributed by atoms with Gasteiger partial charge in [0.2, 0.25) is 0 Å². The van der Waals surface area contributed by atoms with Crippen LogP contribution >= 0.6 is 0 Å². The van der Waals surface area contributed by atoms with E-state index in [1.54, 1.807) is 0 Å². The minimum absolute atomic E-state index is 0.214. The lowest BCUT2D eigenvalue weighted by Gasteiger charge is -2.24. The van der Waals surface area contributed by atoms with Crippen LogP contribution in [0.4, 0.5) is 0 Å². The van der Waals surface area contributed by atoms with Crippen LogP contribution in [-0.4, -0.2) is 73.9 Å². The molecule has 85 heavy (non-hydrogen) atoms. The Bertz CT molecular complexity index is 1540. The van der Waals surface area contributed by atoms with E-state index in [-0.39, 0.29) is 17.9 Å². The minimum atomic E-state index is -0.245. The molecule has 0 radical (unpaired) electrons. The van der Waals surface area contributed by atoms with Crippen LogP contribution in [0.15, 0.2) is 72.9 Å². The molecule has 9 nitrogen and oxygen atoms in total. The third-order valence-corrected chi connectivity index (χ3v) is 15.2. The Balaban J connectivity index is -0.000000328. The number of carbonyl (C=O) groups excluding carboxylic acids is 3. The van der Waals surface area contributed by atoms with E-state index >= 15 is 0 Å². The van der Waals surface area contributed by atoms with Crippen molar-refractivity contribution in [3.8, 4) is 0 Å². The maximum absolute atomic E-state index is 10.7. The molecule has 0 aromatic heterocycles. The van der Waals surface area contributed by atoms with E-state index in [4.69, 9.17) is 20.1 Å². The molecular formula is C76H144O9. The van der Waals surface area contributed by atoms with E-state index < -0.39 is 0 Å². The zero-order valence-corrected chi connectivity index (χ0v) is 58.5. The highest BCUT2D eigenvalue weighted by molar-refractivity contribution is 5.66. The highest BCUT2D eigenvalue weighted by Gasteiger charge is 2.18. The monoisotopic (exact) mass is 1200 g/mol. The van der Waals surface area contributed by atoms with Crippen LogP contribution in [0.2, 0.25) is 0 Å². The predicted molar refractivity (Wildman–Crippen MR) is 370 cm³/mol. The Morgan fingerprint density at radius 3 is 1.18 bits per heavy atom. The Kier molecular flexibility index (Phi) is 77.9. The van der Waals surface area contributed by atoms with Crippen molar-refractivity contribution in [2.24, 2.45) is 16.2 Å². The molecule has 0 aromatic rings. The summed E-state index contributed by atoms with van der Waals surface area (Å²) in [4.78, 5) is 30.4. The second-order valence-corrected chi connectivity index (χ2v) is 25.5. The predicted octanol–water partition coefficient (Wildman–Crippen LogP) is 22.3. The summed E-state index contributed by atoms with van der Waals surface area (Å²) in [6.07, 6.45) is 79.7. The number of allylic oxidation sites excluding steroid dienone is 10. The summed E-state index contributed by atoms with van der Waals surface area (Å²) in [5, 5.41) is 24.5. The van der Waals surface area contributed by atoms with Gasteiger partial charge in [0.1, 0.15) is 13.2 Å². The number of methoxy groups -OCH3 is 1. The number of hydrogen-bond donors (Lipinski definition) is 3. The largest absolute Gasteiger partial charge is 0.469 e. The molecule has 2 rings (SSSR count). The highest BCUT2D eigenvalue weighted by atomic mass is 16.5. The summed E-state index contributed by atoms with van der Waals surface area (Å²) < 4.78 is 13.6. The fourth-order valence-electron chi connectivity index (χ4n) is 9.59. The van der Waals surface area contributed by atoms with Gasteiger partial charge in [-0.15, -0.1) is 0 Å². The normalized spacial score (nSPS) is 14.4. The van der Waals surface area contributed by atoms with Gasteiger partial charge in [-0.25, -0.2) is 0 Å². The SMILES string of the molecule is C1=CCCCCCC1.CC(C)(CCCCCCO)CCCCCCCCCCCCCO.CC/C=C\COC(C)=O.CC1(C)CC/C=C\CCC1.CCC=CCCCCCCC=CCCC(C)(C)CCCC=CCOC(C)=O.CO.COC(C)=O.